The number of unbranched alkanes of at least 4 members (excludes halogenated alkanes) is 12. The average molecular weight is 857 g/mol. The van der Waals surface area contributed by atoms with Gasteiger partial charge in [-0.05, 0) is 37.8 Å². The van der Waals surface area contributed by atoms with E-state index in [2.05, 4.69) is 27.7 Å². The normalized spacial score (nSPS) is 26.9. The Morgan fingerprint density at radius 1 is 0.533 bits per heavy atom. The molecule has 1 aromatic rings. The minimum atomic E-state index is -1.87. The van der Waals surface area contributed by atoms with Crippen LogP contribution >= 0.6 is 0 Å². The minimum Gasteiger partial charge on any atom is -0.493 e. The van der Waals surface area contributed by atoms with Crippen molar-refractivity contribution < 1.29 is 73.4 Å². The molecule has 0 saturated carbocycles. The third-order valence-electron chi connectivity index (χ3n) is 11.2. The molecule has 10 atom stereocenters. The van der Waals surface area contributed by atoms with Crippen molar-refractivity contribution in [1.29, 1.82) is 0 Å². The van der Waals surface area contributed by atoms with Gasteiger partial charge in [0.15, 0.2) is 12.6 Å². The number of aliphatic hydroxyl groups excluding tert-OH is 6. The number of benzene rings is 1. The van der Waals surface area contributed by atoms with Gasteiger partial charge < -0.3 is 63.8 Å². The molecule has 6 N–H and O–H groups in total. The number of carbonyl (C=O) groups excluding carboxylic acids is 2. The summed E-state index contributed by atoms with van der Waals surface area (Å²) in [6.07, 6.45) is 0.555. The zero-order valence-corrected chi connectivity index (χ0v) is 36.5. The third kappa shape index (κ3) is 17.3. The highest BCUT2D eigenvalue weighted by atomic mass is 16.8. The van der Waals surface area contributed by atoms with Crippen molar-refractivity contribution in [2.45, 2.75) is 205 Å². The van der Waals surface area contributed by atoms with E-state index < -0.39 is 86.6 Å². The van der Waals surface area contributed by atoms with Crippen LogP contribution in [0.25, 0.3) is 0 Å². The zero-order valence-electron chi connectivity index (χ0n) is 36.5. The molecule has 0 aromatic heterocycles. The van der Waals surface area contributed by atoms with E-state index in [9.17, 15) is 40.2 Å². The molecule has 1 aromatic carbocycles. The summed E-state index contributed by atoms with van der Waals surface area (Å²) in [5, 5.41) is 64.7. The van der Waals surface area contributed by atoms with E-state index in [4.69, 9.17) is 33.2 Å². The summed E-state index contributed by atoms with van der Waals surface area (Å²) < 4.78 is 40.1. The van der Waals surface area contributed by atoms with E-state index in [0.29, 0.717) is 37.6 Å². The number of carbonyl (C=O) groups is 2. The molecule has 346 valence electrons. The maximum atomic E-state index is 13.3. The highest BCUT2D eigenvalue weighted by Gasteiger charge is 2.50. The van der Waals surface area contributed by atoms with Crippen LogP contribution in [0.15, 0.2) is 18.2 Å². The van der Waals surface area contributed by atoms with Gasteiger partial charge in [0.05, 0.1) is 24.7 Å². The summed E-state index contributed by atoms with van der Waals surface area (Å²) in [5.74, 6) is -0.711. The zero-order chi connectivity index (χ0) is 43.9. The molecule has 0 spiro atoms. The maximum Gasteiger partial charge on any atom is 0.338 e. The number of hydrogen-bond donors (Lipinski definition) is 6. The Hall–Kier alpha value is -2.60. The van der Waals surface area contributed by atoms with Gasteiger partial charge in [0, 0.05) is 6.07 Å². The topological polar surface area (TPSA) is 220 Å². The van der Waals surface area contributed by atoms with Crippen molar-refractivity contribution in [3.8, 4) is 11.5 Å². The Labute approximate surface area is 357 Å². The molecule has 0 unspecified atom stereocenters. The van der Waals surface area contributed by atoms with Crippen LogP contribution in [0.2, 0.25) is 0 Å². The fourth-order valence-electron chi connectivity index (χ4n) is 7.30. The SMILES string of the molecule is CCCCCCCC(CCCCCCC)C(=O)OC[C@H]1O[C@H](O[C@H]2O[C@H](COC(=O)c3cc(OCCCCC)cc(OCCCCC)c3)[C@@H](O)[C@H](O)[C@H]2O)[C@H](O)[C@@H](O)[C@@H]1O. The highest BCUT2D eigenvalue weighted by Crippen LogP contribution is 2.30. The van der Waals surface area contributed by atoms with Crippen LogP contribution in [0, 0.1) is 5.92 Å². The smallest absolute Gasteiger partial charge is 0.338 e. The van der Waals surface area contributed by atoms with Crippen molar-refractivity contribution in [3.05, 3.63) is 23.8 Å². The lowest BCUT2D eigenvalue weighted by atomic mass is 9.94. The second kappa shape index (κ2) is 28.9. The third-order valence-corrected chi connectivity index (χ3v) is 11.2. The molecule has 0 aliphatic carbocycles. The summed E-state index contributed by atoms with van der Waals surface area (Å²) in [6.45, 7) is 8.33. The predicted octanol–water partition coefficient (Wildman–Crippen LogP) is 5.49. The summed E-state index contributed by atoms with van der Waals surface area (Å²) in [7, 11) is 0. The molecule has 2 aliphatic heterocycles. The maximum absolute atomic E-state index is 13.3. The van der Waals surface area contributed by atoms with Crippen LogP contribution in [0.5, 0.6) is 11.5 Å². The van der Waals surface area contributed by atoms with Crippen molar-refractivity contribution in [2.24, 2.45) is 5.92 Å². The Kier molecular flexibility index (Phi) is 24.9. The molecule has 0 radical (unpaired) electrons. The number of hydrogen-bond acceptors (Lipinski definition) is 15. The molecule has 0 bridgehead atoms. The number of rotatable bonds is 30. The highest BCUT2D eigenvalue weighted by molar-refractivity contribution is 5.90. The summed E-state index contributed by atoms with van der Waals surface area (Å²) in [4.78, 5) is 26.6. The molecule has 2 aliphatic rings. The predicted molar refractivity (Wildman–Crippen MR) is 222 cm³/mol. The number of esters is 2. The molecule has 2 fully saturated rings. The van der Waals surface area contributed by atoms with Crippen LogP contribution < -0.4 is 9.47 Å². The van der Waals surface area contributed by atoms with Crippen LogP contribution in [0.1, 0.15) is 154 Å². The van der Waals surface area contributed by atoms with Crippen molar-refractivity contribution in [3.63, 3.8) is 0 Å². The van der Waals surface area contributed by atoms with Gasteiger partial charge in [-0.2, -0.15) is 0 Å². The fraction of sp³-hybridized carbons (Fsp3) is 0.822. The van der Waals surface area contributed by atoms with E-state index in [-0.39, 0.29) is 11.5 Å². The Morgan fingerprint density at radius 3 is 1.40 bits per heavy atom. The van der Waals surface area contributed by atoms with E-state index in [1.807, 2.05) is 0 Å². The van der Waals surface area contributed by atoms with Crippen LogP contribution in [-0.4, -0.2) is 130 Å². The molecular weight excluding hydrogens is 780 g/mol. The van der Waals surface area contributed by atoms with Crippen LogP contribution in [0.4, 0.5) is 0 Å². The first-order valence-electron chi connectivity index (χ1n) is 22.7. The summed E-state index contributed by atoms with van der Waals surface area (Å²) in [5.41, 5.74) is 0.121. The van der Waals surface area contributed by atoms with Gasteiger partial charge in [-0.3, -0.25) is 4.79 Å². The van der Waals surface area contributed by atoms with E-state index >= 15 is 0 Å². The van der Waals surface area contributed by atoms with E-state index in [1.165, 1.54) is 12.1 Å². The average Bonchev–Trinajstić information content (AvgIpc) is 3.24. The summed E-state index contributed by atoms with van der Waals surface area (Å²) in [6, 6.07) is 4.75. The molecule has 60 heavy (non-hydrogen) atoms. The molecule has 2 heterocycles. The van der Waals surface area contributed by atoms with Gasteiger partial charge in [0.1, 0.15) is 73.5 Å². The number of ether oxygens (including phenoxy) is 7. The van der Waals surface area contributed by atoms with Gasteiger partial charge in [-0.15, -0.1) is 0 Å². The second-order valence-corrected chi connectivity index (χ2v) is 16.3. The van der Waals surface area contributed by atoms with Gasteiger partial charge in [0.2, 0.25) is 0 Å². The first kappa shape index (κ1) is 51.7. The lowest BCUT2D eigenvalue weighted by molar-refractivity contribution is -0.376. The van der Waals surface area contributed by atoms with Crippen LogP contribution in [0.3, 0.4) is 0 Å². The lowest BCUT2D eigenvalue weighted by Crippen LogP contribution is -2.64. The fourth-order valence-corrected chi connectivity index (χ4v) is 7.30. The van der Waals surface area contributed by atoms with Gasteiger partial charge in [-0.1, -0.05) is 118 Å². The van der Waals surface area contributed by atoms with Gasteiger partial charge in [-0.25, -0.2) is 4.79 Å². The van der Waals surface area contributed by atoms with Gasteiger partial charge in [0.25, 0.3) is 0 Å². The van der Waals surface area contributed by atoms with Gasteiger partial charge >= 0.3 is 11.9 Å². The first-order chi connectivity index (χ1) is 28.9. The van der Waals surface area contributed by atoms with Crippen molar-refractivity contribution >= 4 is 11.9 Å². The summed E-state index contributed by atoms with van der Waals surface area (Å²) >= 11 is 0. The van der Waals surface area contributed by atoms with Crippen LogP contribution in [-0.2, 0) is 28.5 Å². The molecule has 3 rings (SSSR count). The Bertz CT molecular complexity index is 1290. The largest absolute Gasteiger partial charge is 0.493 e. The Balaban J connectivity index is 1.64. The molecule has 15 heteroatoms. The standard InChI is InChI=1S/C45H76O15/c1-5-9-13-15-17-21-30(22-18-16-14-10-6-2)42(52)56-28-34-36(46)38(48)40(50)44(58-34)60-45-41(51)39(49)37(47)35(59-45)29-57-43(53)31-25-32(54-23-19-11-7-3)27-33(26-31)55-24-20-12-8-4/h25-27,30,34-41,44-51H,5-24,28-29H2,1-4H3/t34-,35-,36-,37-,38+,39+,40-,41-,44-,45-/m1/s1. The first-order valence-corrected chi connectivity index (χ1v) is 22.7. The lowest BCUT2D eigenvalue weighted by Gasteiger charge is -2.44. The minimum absolute atomic E-state index is 0.121. The molecule has 2 saturated heterocycles. The molecular formula is C45H76O15. The van der Waals surface area contributed by atoms with E-state index in [0.717, 1.165) is 103 Å². The Morgan fingerprint density at radius 2 is 0.950 bits per heavy atom. The number of aliphatic hydroxyl groups is 6. The van der Waals surface area contributed by atoms with Crippen molar-refractivity contribution in [1.82, 2.24) is 0 Å². The quantitative estimate of drug-likeness (QED) is 0.0416. The molecule has 15 nitrogen and oxygen atoms in total. The second-order valence-electron chi connectivity index (χ2n) is 16.3. The molecule has 0 amide bonds. The van der Waals surface area contributed by atoms with E-state index in [1.54, 1.807) is 6.07 Å². The monoisotopic (exact) mass is 857 g/mol. The van der Waals surface area contributed by atoms with Crippen molar-refractivity contribution in [2.75, 3.05) is 26.4 Å².